The highest BCUT2D eigenvalue weighted by molar-refractivity contribution is 5.85. The molecular weight excluding hydrogens is 222 g/mol. The Bertz CT molecular complexity index is 632. The molecule has 0 N–H and O–H groups in total. The van der Waals surface area contributed by atoms with Crippen molar-refractivity contribution in [3.63, 3.8) is 0 Å². The van der Waals surface area contributed by atoms with Gasteiger partial charge in [0, 0.05) is 24.6 Å². The van der Waals surface area contributed by atoms with E-state index in [9.17, 15) is 0 Å². The van der Waals surface area contributed by atoms with Gasteiger partial charge in [-0.2, -0.15) is 5.10 Å². The number of para-hydroxylation sites is 1. The van der Waals surface area contributed by atoms with E-state index in [0.717, 1.165) is 23.3 Å². The molecule has 0 saturated heterocycles. The Kier molecular flexibility index (Phi) is 2.37. The molecule has 1 unspecified atom stereocenters. The van der Waals surface area contributed by atoms with E-state index >= 15 is 0 Å². The predicted molar refractivity (Wildman–Crippen MR) is 74.6 cm³/mol. The molecule has 1 atom stereocenters. The Hall–Kier alpha value is -1.90. The quantitative estimate of drug-likeness (QED) is 0.764. The maximum absolute atomic E-state index is 4.80. The normalized spacial score (nSPS) is 23.5. The predicted octanol–water partition coefficient (Wildman–Crippen LogP) is 3.16. The van der Waals surface area contributed by atoms with Gasteiger partial charge in [-0.25, -0.2) is 0 Å². The molecule has 3 nitrogen and oxygen atoms in total. The van der Waals surface area contributed by atoms with Gasteiger partial charge < -0.3 is 0 Å². The standard InChI is InChI=1S/C15H17N3/c1-11-10-15(2,18(3)17-11)14-9-8-12-6-4-5-7-13(12)16-14/h4-9H,10H2,1-3H3. The number of hydrazone groups is 1. The number of benzene rings is 1. The van der Waals surface area contributed by atoms with Crippen LogP contribution in [0.15, 0.2) is 41.5 Å². The van der Waals surface area contributed by atoms with Gasteiger partial charge in [-0.15, -0.1) is 0 Å². The van der Waals surface area contributed by atoms with E-state index in [1.165, 1.54) is 5.39 Å². The van der Waals surface area contributed by atoms with Gasteiger partial charge >= 0.3 is 0 Å². The molecule has 2 aromatic rings. The number of fused-ring (bicyclic) bond motifs is 1. The molecule has 1 aliphatic heterocycles. The SMILES string of the molecule is CC1=NN(C)C(C)(c2ccc3ccccc3n2)C1. The maximum Gasteiger partial charge on any atom is 0.102 e. The van der Waals surface area contributed by atoms with Gasteiger partial charge in [0.05, 0.1) is 11.2 Å². The topological polar surface area (TPSA) is 28.5 Å². The molecule has 0 saturated carbocycles. The summed E-state index contributed by atoms with van der Waals surface area (Å²) in [6.45, 7) is 4.27. The molecule has 92 valence electrons. The molecule has 0 aliphatic carbocycles. The Morgan fingerprint density at radius 3 is 2.67 bits per heavy atom. The molecule has 2 heterocycles. The van der Waals surface area contributed by atoms with Gasteiger partial charge in [-0.1, -0.05) is 24.3 Å². The van der Waals surface area contributed by atoms with Gasteiger partial charge in [0.25, 0.3) is 0 Å². The van der Waals surface area contributed by atoms with Crippen LogP contribution in [-0.2, 0) is 5.54 Å². The van der Waals surface area contributed by atoms with E-state index in [4.69, 9.17) is 4.98 Å². The van der Waals surface area contributed by atoms with Crippen LogP contribution in [0.5, 0.6) is 0 Å². The zero-order chi connectivity index (χ0) is 12.8. The molecule has 1 aromatic heterocycles. The zero-order valence-electron chi connectivity index (χ0n) is 11.0. The molecular formula is C15H17N3. The van der Waals surface area contributed by atoms with Crippen LogP contribution in [0.2, 0.25) is 0 Å². The minimum atomic E-state index is -0.117. The smallest absolute Gasteiger partial charge is 0.102 e. The van der Waals surface area contributed by atoms with Gasteiger partial charge in [0.15, 0.2) is 0 Å². The summed E-state index contributed by atoms with van der Waals surface area (Å²) in [6, 6.07) is 12.5. The van der Waals surface area contributed by atoms with Crippen molar-refractivity contribution >= 4 is 16.6 Å². The van der Waals surface area contributed by atoms with E-state index in [-0.39, 0.29) is 5.54 Å². The highest BCUT2D eigenvalue weighted by Crippen LogP contribution is 2.35. The molecule has 0 radical (unpaired) electrons. The Morgan fingerprint density at radius 2 is 1.94 bits per heavy atom. The van der Waals surface area contributed by atoms with Crippen molar-refractivity contribution in [3.8, 4) is 0 Å². The summed E-state index contributed by atoms with van der Waals surface area (Å²) in [5.74, 6) is 0. The van der Waals surface area contributed by atoms with Crippen LogP contribution in [0.4, 0.5) is 0 Å². The van der Waals surface area contributed by atoms with Crippen LogP contribution in [0.3, 0.4) is 0 Å². The zero-order valence-corrected chi connectivity index (χ0v) is 11.0. The minimum Gasteiger partial charge on any atom is -0.288 e. The molecule has 0 spiro atoms. The first kappa shape index (κ1) is 11.2. The number of pyridine rings is 1. The van der Waals surface area contributed by atoms with E-state index in [0.29, 0.717) is 0 Å². The number of aromatic nitrogens is 1. The summed E-state index contributed by atoms with van der Waals surface area (Å²) in [5, 5.41) is 7.72. The third-order valence-corrected chi connectivity index (χ3v) is 3.79. The molecule has 18 heavy (non-hydrogen) atoms. The highest BCUT2D eigenvalue weighted by Gasteiger charge is 2.37. The summed E-state index contributed by atoms with van der Waals surface area (Å²) in [4.78, 5) is 4.80. The second-order valence-corrected chi connectivity index (χ2v) is 5.20. The Balaban J connectivity index is 2.10. The molecule has 3 heteroatoms. The van der Waals surface area contributed by atoms with Crippen LogP contribution in [-0.4, -0.2) is 22.8 Å². The summed E-state index contributed by atoms with van der Waals surface area (Å²) < 4.78 is 0. The first-order valence-corrected chi connectivity index (χ1v) is 6.24. The number of rotatable bonds is 1. The van der Waals surface area contributed by atoms with E-state index in [1.54, 1.807) is 0 Å². The first-order chi connectivity index (χ1) is 8.59. The first-order valence-electron chi connectivity index (χ1n) is 6.24. The van der Waals surface area contributed by atoms with Gasteiger partial charge in [-0.05, 0) is 26.0 Å². The lowest BCUT2D eigenvalue weighted by molar-refractivity contribution is 0.169. The molecule has 0 fully saturated rings. The minimum absolute atomic E-state index is 0.117. The molecule has 1 aromatic carbocycles. The van der Waals surface area contributed by atoms with Crippen LogP contribution in [0, 0.1) is 0 Å². The number of hydrogen-bond acceptors (Lipinski definition) is 3. The van der Waals surface area contributed by atoms with Crippen molar-refractivity contribution in [3.05, 3.63) is 42.1 Å². The third kappa shape index (κ3) is 1.58. The summed E-state index contributed by atoms with van der Waals surface area (Å²) in [7, 11) is 2.02. The van der Waals surface area contributed by atoms with Crippen LogP contribution in [0.25, 0.3) is 10.9 Å². The molecule has 0 amide bonds. The molecule has 1 aliphatic rings. The summed E-state index contributed by atoms with van der Waals surface area (Å²) in [6.07, 6.45) is 0.939. The largest absolute Gasteiger partial charge is 0.288 e. The molecule has 3 rings (SSSR count). The Labute approximate surface area is 107 Å². The van der Waals surface area contributed by atoms with Crippen LogP contribution in [0.1, 0.15) is 26.0 Å². The number of hydrogen-bond donors (Lipinski definition) is 0. The van der Waals surface area contributed by atoms with E-state index in [1.807, 2.05) is 24.2 Å². The number of nitrogens with zero attached hydrogens (tertiary/aromatic N) is 3. The molecule has 0 bridgehead atoms. The lowest BCUT2D eigenvalue weighted by Crippen LogP contribution is -2.35. The fourth-order valence-corrected chi connectivity index (χ4v) is 2.64. The van der Waals surface area contributed by atoms with Gasteiger partial charge in [-0.3, -0.25) is 9.99 Å². The second kappa shape index (κ2) is 3.80. The van der Waals surface area contributed by atoms with Gasteiger partial charge in [0.2, 0.25) is 0 Å². The third-order valence-electron chi connectivity index (χ3n) is 3.79. The maximum atomic E-state index is 4.80. The Morgan fingerprint density at radius 1 is 1.17 bits per heavy atom. The van der Waals surface area contributed by atoms with Crippen LogP contribution < -0.4 is 0 Å². The summed E-state index contributed by atoms with van der Waals surface area (Å²) in [5.41, 5.74) is 3.18. The van der Waals surface area contributed by atoms with E-state index in [2.05, 4.69) is 43.2 Å². The fourth-order valence-electron chi connectivity index (χ4n) is 2.64. The monoisotopic (exact) mass is 239 g/mol. The van der Waals surface area contributed by atoms with Crippen molar-refractivity contribution in [1.29, 1.82) is 0 Å². The van der Waals surface area contributed by atoms with Crippen molar-refractivity contribution in [1.82, 2.24) is 9.99 Å². The fraction of sp³-hybridized carbons (Fsp3) is 0.333. The van der Waals surface area contributed by atoms with Gasteiger partial charge in [0.1, 0.15) is 5.54 Å². The van der Waals surface area contributed by atoms with Crippen molar-refractivity contribution < 1.29 is 0 Å². The lowest BCUT2D eigenvalue weighted by Gasteiger charge is -2.31. The summed E-state index contributed by atoms with van der Waals surface area (Å²) >= 11 is 0. The van der Waals surface area contributed by atoms with E-state index < -0.39 is 0 Å². The average Bonchev–Trinajstić information content (AvgIpc) is 2.63. The van der Waals surface area contributed by atoms with Crippen molar-refractivity contribution in [2.75, 3.05) is 7.05 Å². The van der Waals surface area contributed by atoms with Crippen molar-refractivity contribution in [2.45, 2.75) is 25.8 Å². The highest BCUT2D eigenvalue weighted by atomic mass is 15.5. The van der Waals surface area contributed by atoms with Crippen LogP contribution >= 0.6 is 0 Å². The second-order valence-electron chi connectivity index (χ2n) is 5.20. The van der Waals surface area contributed by atoms with Crippen molar-refractivity contribution in [2.24, 2.45) is 5.10 Å². The lowest BCUT2D eigenvalue weighted by atomic mass is 9.91. The average molecular weight is 239 g/mol.